The van der Waals surface area contributed by atoms with E-state index in [9.17, 15) is 0 Å². The molecule has 144 valence electrons. The number of imidazole rings is 1. The number of rotatable bonds is 5. The van der Waals surface area contributed by atoms with E-state index in [2.05, 4.69) is 64.4 Å². The lowest BCUT2D eigenvalue weighted by atomic mass is 10.0. The Morgan fingerprint density at radius 1 is 1.04 bits per heavy atom. The second-order valence-electron chi connectivity index (χ2n) is 8.03. The van der Waals surface area contributed by atoms with Crippen molar-refractivity contribution in [3.05, 3.63) is 55.3 Å². The van der Waals surface area contributed by atoms with Crippen LogP contribution in [0.5, 0.6) is 0 Å². The number of piperazine rings is 1. The fourth-order valence-electron chi connectivity index (χ4n) is 4.30. The van der Waals surface area contributed by atoms with Gasteiger partial charge < -0.3 is 14.4 Å². The van der Waals surface area contributed by atoms with Crippen molar-refractivity contribution in [3.8, 4) is 5.69 Å². The molecule has 5 nitrogen and oxygen atoms in total. The zero-order chi connectivity index (χ0) is 18.8. The summed E-state index contributed by atoms with van der Waals surface area (Å²) in [4.78, 5) is 11.7. The molecular formula is C22H31N5. The van der Waals surface area contributed by atoms with Gasteiger partial charge in [0.05, 0.1) is 6.33 Å². The first-order valence-electron chi connectivity index (χ1n) is 10.1. The molecule has 2 aliphatic rings. The zero-order valence-electron chi connectivity index (χ0n) is 16.6. The van der Waals surface area contributed by atoms with Gasteiger partial charge in [-0.2, -0.15) is 0 Å². The molecule has 2 aromatic rings. The lowest BCUT2D eigenvalue weighted by Crippen LogP contribution is -2.49. The fourth-order valence-corrected chi connectivity index (χ4v) is 4.30. The zero-order valence-corrected chi connectivity index (χ0v) is 16.6. The summed E-state index contributed by atoms with van der Waals surface area (Å²) in [6.07, 6.45) is 6.83. The molecule has 27 heavy (non-hydrogen) atoms. The van der Waals surface area contributed by atoms with Crippen molar-refractivity contribution < 1.29 is 0 Å². The average molecular weight is 366 g/mol. The van der Waals surface area contributed by atoms with Gasteiger partial charge in [0.15, 0.2) is 0 Å². The molecule has 1 aromatic heterocycles. The maximum atomic E-state index is 4.48. The molecule has 0 radical (unpaired) electrons. The van der Waals surface area contributed by atoms with Gasteiger partial charge in [0, 0.05) is 80.7 Å². The molecule has 0 unspecified atom stereocenters. The van der Waals surface area contributed by atoms with Crippen LogP contribution in [0.3, 0.4) is 0 Å². The quantitative estimate of drug-likeness (QED) is 0.813. The Morgan fingerprint density at radius 2 is 1.74 bits per heavy atom. The molecule has 2 aliphatic heterocycles. The summed E-state index contributed by atoms with van der Waals surface area (Å²) >= 11 is 0. The molecule has 0 saturated carbocycles. The smallest absolute Gasteiger partial charge is 0.0991 e. The minimum absolute atomic E-state index is 0.573. The fraction of sp³-hybridized carbons (Fsp3) is 0.500. The van der Waals surface area contributed by atoms with E-state index in [0.717, 1.165) is 45.0 Å². The molecule has 0 spiro atoms. The van der Waals surface area contributed by atoms with Crippen molar-refractivity contribution in [3.63, 3.8) is 0 Å². The molecule has 0 N–H and O–H groups in total. The van der Waals surface area contributed by atoms with E-state index < -0.39 is 0 Å². The van der Waals surface area contributed by atoms with E-state index in [1.54, 1.807) is 0 Å². The summed E-state index contributed by atoms with van der Waals surface area (Å²) in [6, 6.07) is 9.44. The van der Waals surface area contributed by atoms with Crippen LogP contribution in [0.1, 0.15) is 20.3 Å². The Labute approximate surface area is 162 Å². The van der Waals surface area contributed by atoms with Crippen LogP contribution in [0.15, 0.2) is 55.3 Å². The standard InChI is InChI=1S/C22H31N5/c1-18(2)24-12-14-25(15-13-24)19(3)20-8-10-26(16-20)21-4-6-22(7-5-21)27-11-9-23-17-27/h4-7,9,11,17-18,20H,3,8,10,12-16H2,1-2H3/t20-/m0/s1. The minimum atomic E-state index is 0.573. The first-order valence-corrected chi connectivity index (χ1v) is 10.1. The summed E-state index contributed by atoms with van der Waals surface area (Å²) in [5.41, 5.74) is 3.80. The Kier molecular flexibility index (Phi) is 5.21. The van der Waals surface area contributed by atoms with E-state index in [1.165, 1.54) is 17.8 Å². The van der Waals surface area contributed by atoms with E-state index in [-0.39, 0.29) is 0 Å². The van der Waals surface area contributed by atoms with Gasteiger partial charge in [-0.1, -0.05) is 6.58 Å². The molecule has 0 bridgehead atoms. The van der Waals surface area contributed by atoms with Crippen LogP contribution in [0.2, 0.25) is 0 Å². The number of benzene rings is 1. The van der Waals surface area contributed by atoms with Crippen LogP contribution in [0.4, 0.5) is 5.69 Å². The molecule has 0 aliphatic carbocycles. The minimum Gasteiger partial charge on any atom is -0.372 e. The van der Waals surface area contributed by atoms with Gasteiger partial charge in [0.1, 0.15) is 0 Å². The highest BCUT2D eigenvalue weighted by Gasteiger charge is 2.29. The average Bonchev–Trinajstić information content (AvgIpc) is 3.40. The van der Waals surface area contributed by atoms with E-state index >= 15 is 0 Å². The number of hydrogen-bond acceptors (Lipinski definition) is 4. The van der Waals surface area contributed by atoms with Crippen molar-refractivity contribution in [2.75, 3.05) is 44.2 Å². The third-order valence-corrected chi connectivity index (χ3v) is 6.13. The van der Waals surface area contributed by atoms with Crippen LogP contribution in [-0.2, 0) is 0 Å². The molecule has 2 saturated heterocycles. The molecular weight excluding hydrogens is 334 g/mol. The summed E-state index contributed by atoms with van der Waals surface area (Å²) in [5.74, 6) is 0.573. The van der Waals surface area contributed by atoms with E-state index in [1.807, 2.05) is 23.3 Å². The normalized spacial score (nSPS) is 21.2. The number of anilines is 1. The van der Waals surface area contributed by atoms with Crippen molar-refractivity contribution in [1.82, 2.24) is 19.4 Å². The Bertz CT molecular complexity index is 742. The Morgan fingerprint density at radius 3 is 2.37 bits per heavy atom. The van der Waals surface area contributed by atoms with Gasteiger partial charge in [-0.05, 0) is 44.5 Å². The molecule has 3 heterocycles. The predicted molar refractivity (Wildman–Crippen MR) is 111 cm³/mol. The van der Waals surface area contributed by atoms with Crippen LogP contribution in [-0.4, -0.2) is 64.7 Å². The molecule has 5 heteroatoms. The first-order chi connectivity index (χ1) is 13.1. The van der Waals surface area contributed by atoms with Crippen molar-refractivity contribution >= 4 is 5.69 Å². The van der Waals surface area contributed by atoms with E-state index in [0.29, 0.717) is 12.0 Å². The van der Waals surface area contributed by atoms with E-state index in [4.69, 9.17) is 0 Å². The van der Waals surface area contributed by atoms with Crippen LogP contribution in [0.25, 0.3) is 5.69 Å². The Hall–Kier alpha value is -2.27. The second-order valence-corrected chi connectivity index (χ2v) is 8.03. The summed E-state index contributed by atoms with van der Waals surface area (Å²) < 4.78 is 2.04. The summed E-state index contributed by atoms with van der Waals surface area (Å²) in [5, 5.41) is 0. The predicted octanol–water partition coefficient (Wildman–Crippen LogP) is 3.24. The van der Waals surface area contributed by atoms with Gasteiger partial charge >= 0.3 is 0 Å². The molecule has 1 aromatic carbocycles. The number of aromatic nitrogens is 2. The van der Waals surface area contributed by atoms with Crippen LogP contribution >= 0.6 is 0 Å². The Balaban J connectivity index is 1.34. The first kappa shape index (κ1) is 18.1. The summed E-state index contributed by atoms with van der Waals surface area (Å²) in [6.45, 7) is 15.8. The third-order valence-electron chi connectivity index (χ3n) is 6.13. The highest BCUT2D eigenvalue weighted by atomic mass is 15.3. The maximum absolute atomic E-state index is 4.48. The SMILES string of the molecule is C=C([C@H]1CCN(c2ccc(-n3ccnc3)cc2)C1)N1CCN(C(C)C)CC1. The van der Waals surface area contributed by atoms with Crippen LogP contribution in [0, 0.1) is 5.92 Å². The maximum Gasteiger partial charge on any atom is 0.0991 e. The van der Waals surface area contributed by atoms with Crippen molar-refractivity contribution in [2.45, 2.75) is 26.3 Å². The highest BCUT2D eigenvalue weighted by Crippen LogP contribution is 2.30. The molecule has 2 fully saturated rings. The van der Waals surface area contributed by atoms with Crippen molar-refractivity contribution in [2.24, 2.45) is 5.92 Å². The number of nitrogens with zero attached hydrogens (tertiary/aromatic N) is 5. The molecule has 1 atom stereocenters. The molecule has 4 rings (SSSR count). The van der Waals surface area contributed by atoms with Gasteiger partial charge in [-0.25, -0.2) is 4.98 Å². The highest BCUT2D eigenvalue weighted by molar-refractivity contribution is 5.52. The number of hydrogen-bond donors (Lipinski definition) is 0. The lowest BCUT2D eigenvalue weighted by Gasteiger charge is -2.40. The third kappa shape index (κ3) is 3.88. The molecule has 0 amide bonds. The summed E-state index contributed by atoms with van der Waals surface area (Å²) in [7, 11) is 0. The monoisotopic (exact) mass is 365 g/mol. The second kappa shape index (κ2) is 7.77. The van der Waals surface area contributed by atoms with Gasteiger partial charge in [-0.15, -0.1) is 0 Å². The van der Waals surface area contributed by atoms with Crippen LogP contribution < -0.4 is 4.90 Å². The largest absolute Gasteiger partial charge is 0.372 e. The van der Waals surface area contributed by atoms with Gasteiger partial charge in [-0.3, -0.25) is 4.90 Å². The lowest BCUT2D eigenvalue weighted by molar-refractivity contribution is 0.123. The van der Waals surface area contributed by atoms with Crippen molar-refractivity contribution in [1.29, 1.82) is 0 Å². The van der Waals surface area contributed by atoms with Gasteiger partial charge in [0.2, 0.25) is 0 Å². The topological polar surface area (TPSA) is 27.5 Å². The van der Waals surface area contributed by atoms with Gasteiger partial charge in [0.25, 0.3) is 0 Å².